The fourth-order valence-corrected chi connectivity index (χ4v) is 5.47. The van der Waals surface area contributed by atoms with E-state index in [0.29, 0.717) is 5.56 Å². The van der Waals surface area contributed by atoms with E-state index in [2.05, 4.69) is 47.5 Å². The maximum Gasteiger partial charge on any atom is 0.294 e. The minimum absolute atomic E-state index is 0.0386. The van der Waals surface area contributed by atoms with E-state index in [1.54, 1.807) is 0 Å². The molecular formula is C28H22N2O2. The van der Waals surface area contributed by atoms with Gasteiger partial charge in [0.2, 0.25) is 0 Å². The van der Waals surface area contributed by atoms with E-state index >= 15 is 0 Å². The Labute approximate surface area is 186 Å². The molecule has 4 nitrogen and oxygen atoms in total. The SMILES string of the molecule is O=[N+]([O-])C1=CN=CC(c2cccc3c2ccc2c4c(ccc23)CCCC4)c2ccccc21. The quantitative estimate of drug-likeness (QED) is 0.207. The summed E-state index contributed by atoms with van der Waals surface area (Å²) >= 11 is 0. The monoisotopic (exact) mass is 418 g/mol. The summed E-state index contributed by atoms with van der Waals surface area (Å²) in [6.45, 7) is 0. The van der Waals surface area contributed by atoms with Crippen LogP contribution in [0, 0.1) is 10.1 Å². The highest BCUT2D eigenvalue weighted by Gasteiger charge is 2.26. The van der Waals surface area contributed by atoms with Crippen molar-refractivity contribution in [1.29, 1.82) is 0 Å². The number of hydrogen-bond donors (Lipinski definition) is 0. The smallest absolute Gasteiger partial charge is 0.261 e. The second-order valence-electron chi connectivity index (χ2n) is 8.65. The highest BCUT2D eigenvalue weighted by atomic mass is 16.6. The molecule has 1 atom stereocenters. The first-order valence-electron chi connectivity index (χ1n) is 11.2. The molecule has 1 unspecified atom stereocenters. The zero-order chi connectivity index (χ0) is 21.7. The Hall–Kier alpha value is -3.79. The molecule has 0 saturated heterocycles. The molecule has 0 spiro atoms. The Balaban J connectivity index is 1.58. The molecule has 0 fully saturated rings. The van der Waals surface area contributed by atoms with Crippen LogP contribution in [0.1, 0.15) is 46.6 Å². The van der Waals surface area contributed by atoms with Gasteiger partial charge in [0.25, 0.3) is 5.70 Å². The predicted octanol–water partition coefficient (Wildman–Crippen LogP) is 6.66. The zero-order valence-electron chi connectivity index (χ0n) is 17.6. The summed E-state index contributed by atoms with van der Waals surface area (Å²) in [6.07, 6.45) is 8.05. The number of rotatable bonds is 2. The summed E-state index contributed by atoms with van der Waals surface area (Å²) in [4.78, 5) is 15.6. The summed E-state index contributed by atoms with van der Waals surface area (Å²) in [7, 11) is 0. The van der Waals surface area contributed by atoms with Crippen LogP contribution in [0.5, 0.6) is 0 Å². The van der Waals surface area contributed by atoms with Crippen molar-refractivity contribution in [2.24, 2.45) is 4.99 Å². The number of hydrogen-bond acceptors (Lipinski definition) is 3. The van der Waals surface area contributed by atoms with Crippen LogP contribution in [0.3, 0.4) is 0 Å². The highest BCUT2D eigenvalue weighted by Crippen LogP contribution is 2.39. The highest BCUT2D eigenvalue weighted by molar-refractivity contribution is 6.10. The maximum atomic E-state index is 11.7. The standard InChI is InChI=1S/C28H22N2O2/c31-30(32)28-17-29-16-27(22-8-3-4-9-26(22)28)21-11-5-10-20-24-13-12-18-6-1-2-7-19(18)23(24)14-15-25(20)21/h3-5,8-17,27H,1-2,6-7H2. The Morgan fingerprint density at radius 3 is 2.44 bits per heavy atom. The second kappa shape index (κ2) is 7.41. The van der Waals surface area contributed by atoms with Gasteiger partial charge < -0.3 is 0 Å². The van der Waals surface area contributed by atoms with Crippen molar-refractivity contribution in [3.8, 4) is 0 Å². The molecule has 0 aromatic heterocycles. The molecule has 4 aromatic carbocycles. The summed E-state index contributed by atoms with van der Waals surface area (Å²) in [5.74, 6) is -0.154. The van der Waals surface area contributed by atoms with E-state index in [1.165, 1.54) is 58.1 Å². The molecule has 0 N–H and O–H groups in total. The number of nitro groups is 1. The van der Waals surface area contributed by atoms with E-state index in [4.69, 9.17) is 0 Å². The fourth-order valence-electron chi connectivity index (χ4n) is 5.47. The van der Waals surface area contributed by atoms with Crippen LogP contribution in [-0.2, 0) is 12.8 Å². The van der Waals surface area contributed by atoms with E-state index in [9.17, 15) is 10.1 Å². The van der Waals surface area contributed by atoms with Gasteiger partial charge in [0.05, 0.1) is 10.5 Å². The van der Waals surface area contributed by atoms with Crippen molar-refractivity contribution >= 4 is 33.5 Å². The van der Waals surface area contributed by atoms with Crippen molar-refractivity contribution in [2.45, 2.75) is 31.6 Å². The largest absolute Gasteiger partial charge is 0.294 e. The number of nitrogens with zero attached hydrogens (tertiary/aromatic N) is 2. The fraction of sp³-hybridized carbons (Fsp3) is 0.179. The summed E-state index contributed by atoms with van der Waals surface area (Å²) in [5, 5.41) is 16.7. The lowest BCUT2D eigenvalue weighted by molar-refractivity contribution is -0.375. The van der Waals surface area contributed by atoms with E-state index < -0.39 is 0 Å². The van der Waals surface area contributed by atoms with Gasteiger partial charge in [-0.15, -0.1) is 0 Å². The van der Waals surface area contributed by atoms with E-state index in [0.717, 1.165) is 17.5 Å². The Bertz CT molecular complexity index is 1470. The first-order chi connectivity index (χ1) is 15.7. The number of aliphatic imine (C=N–C) groups is 1. The van der Waals surface area contributed by atoms with Gasteiger partial charge in [0, 0.05) is 12.1 Å². The van der Waals surface area contributed by atoms with Gasteiger partial charge in [0.15, 0.2) is 0 Å². The van der Waals surface area contributed by atoms with Gasteiger partial charge in [-0.1, -0.05) is 60.7 Å². The van der Waals surface area contributed by atoms with Crippen molar-refractivity contribution in [3.05, 3.63) is 111 Å². The van der Waals surface area contributed by atoms with Gasteiger partial charge in [-0.25, -0.2) is 0 Å². The van der Waals surface area contributed by atoms with Crippen LogP contribution < -0.4 is 0 Å². The van der Waals surface area contributed by atoms with Crippen LogP contribution in [0.2, 0.25) is 0 Å². The van der Waals surface area contributed by atoms with Gasteiger partial charge in [0.1, 0.15) is 6.20 Å². The van der Waals surface area contributed by atoms with Gasteiger partial charge in [-0.05, 0) is 75.5 Å². The number of benzene rings is 4. The van der Waals surface area contributed by atoms with Gasteiger partial charge in [-0.2, -0.15) is 0 Å². The molecule has 0 bridgehead atoms. The molecule has 156 valence electrons. The third kappa shape index (κ3) is 2.87. The molecule has 32 heavy (non-hydrogen) atoms. The van der Waals surface area contributed by atoms with Crippen molar-refractivity contribution in [1.82, 2.24) is 0 Å². The second-order valence-corrected chi connectivity index (χ2v) is 8.65. The first kappa shape index (κ1) is 18.9. The average molecular weight is 418 g/mol. The molecule has 0 saturated carbocycles. The van der Waals surface area contributed by atoms with Gasteiger partial charge in [-0.3, -0.25) is 15.1 Å². The third-order valence-corrected chi connectivity index (χ3v) is 6.96. The van der Waals surface area contributed by atoms with Crippen LogP contribution in [0.15, 0.2) is 77.9 Å². The lowest BCUT2D eigenvalue weighted by Gasteiger charge is -2.21. The summed E-state index contributed by atoms with van der Waals surface area (Å²) in [5.41, 5.74) is 5.69. The van der Waals surface area contributed by atoms with Crippen molar-refractivity contribution in [3.63, 3.8) is 0 Å². The molecule has 1 heterocycles. The molecular weight excluding hydrogens is 396 g/mol. The maximum absolute atomic E-state index is 11.7. The number of aryl methyl sites for hydroxylation is 2. The molecule has 1 aliphatic carbocycles. The Morgan fingerprint density at radius 1 is 0.781 bits per heavy atom. The van der Waals surface area contributed by atoms with Crippen LogP contribution in [-0.4, -0.2) is 11.1 Å². The minimum Gasteiger partial charge on any atom is -0.261 e. The molecule has 4 aromatic rings. The lowest BCUT2D eigenvalue weighted by Crippen LogP contribution is -2.07. The average Bonchev–Trinajstić information content (AvgIpc) is 3.03. The minimum atomic E-state index is -0.349. The van der Waals surface area contributed by atoms with E-state index in [-0.39, 0.29) is 16.5 Å². The van der Waals surface area contributed by atoms with Crippen LogP contribution in [0.25, 0.3) is 27.2 Å². The topological polar surface area (TPSA) is 55.5 Å². The molecule has 1 aliphatic heterocycles. The number of fused-ring (bicyclic) bond motifs is 6. The summed E-state index contributed by atoms with van der Waals surface area (Å²) in [6, 6.07) is 23.1. The van der Waals surface area contributed by atoms with E-state index in [1.807, 2.05) is 30.5 Å². The Morgan fingerprint density at radius 2 is 1.53 bits per heavy atom. The molecule has 4 heteroatoms. The molecule has 6 rings (SSSR count). The Kier molecular flexibility index (Phi) is 4.39. The third-order valence-electron chi connectivity index (χ3n) is 6.96. The molecule has 0 amide bonds. The van der Waals surface area contributed by atoms with Gasteiger partial charge >= 0.3 is 0 Å². The normalized spacial score (nSPS) is 17.5. The zero-order valence-corrected chi connectivity index (χ0v) is 17.6. The van der Waals surface area contributed by atoms with Crippen LogP contribution >= 0.6 is 0 Å². The van der Waals surface area contributed by atoms with Crippen LogP contribution in [0.4, 0.5) is 0 Å². The first-order valence-corrected chi connectivity index (χ1v) is 11.2. The molecule has 2 aliphatic rings. The predicted molar refractivity (Wildman–Crippen MR) is 130 cm³/mol. The van der Waals surface area contributed by atoms with Crippen molar-refractivity contribution in [2.75, 3.05) is 0 Å². The molecule has 0 radical (unpaired) electrons. The summed E-state index contributed by atoms with van der Waals surface area (Å²) < 4.78 is 0. The lowest BCUT2D eigenvalue weighted by atomic mass is 9.83. The van der Waals surface area contributed by atoms with Crippen molar-refractivity contribution < 1.29 is 4.92 Å².